The van der Waals surface area contributed by atoms with E-state index >= 15 is 0 Å². The summed E-state index contributed by atoms with van der Waals surface area (Å²) in [5.41, 5.74) is 5.03. The van der Waals surface area contributed by atoms with Crippen LogP contribution < -0.4 is 10.2 Å². The zero-order chi connectivity index (χ0) is 25.8. The van der Waals surface area contributed by atoms with Gasteiger partial charge in [0.15, 0.2) is 4.32 Å². The number of benzene rings is 3. The maximum atomic E-state index is 13.0. The Labute approximate surface area is 221 Å². The second kappa shape index (κ2) is 10.9. The number of para-hydroxylation sites is 1. The van der Waals surface area contributed by atoms with Gasteiger partial charge in [0.2, 0.25) is 0 Å². The molecule has 1 fully saturated rings. The highest BCUT2D eigenvalue weighted by atomic mass is 35.5. The number of nitro groups is 1. The molecule has 0 aromatic heterocycles. The third-order valence-corrected chi connectivity index (χ3v) is 6.74. The molecule has 2 amide bonds. The van der Waals surface area contributed by atoms with Crippen LogP contribution >= 0.6 is 35.6 Å². The van der Waals surface area contributed by atoms with Crippen LogP contribution in [-0.4, -0.2) is 26.1 Å². The first-order valence-corrected chi connectivity index (χ1v) is 12.1. The predicted molar refractivity (Wildman–Crippen MR) is 143 cm³/mol. The van der Waals surface area contributed by atoms with E-state index in [9.17, 15) is 19.7 Å². The molecular weight excluding hydrogens is 522 g/mol. The van der Waals surface area contributed by atoms with Crippen LogP contribution in [-0.2, 0) is 11.4 Å². The number of non-ortho nitro benzene ring substituents is 1. The van der Waals surface area contributed by atoms with Gasteiger partial charge >= 0.3 is 0 Å². The van der Waals surface area contributed by atoms with Gasteiger partial charge < -0.3 is 4.74 Å². The third kappa shape index (κ3) is 5.73. The minimum atomic E-state index is -0.551. The summed E-state index contributed by atoms with van der Waals surface area (Å²) in [5, 5.41) is 12.1. The molecule has 0 radical (unpaired) electrons. The molecule has 3 aromatic rings. The van der Waals surface area contributed by atoms with E-state index in [0.717, 1.165) is 27.9 Å². The molecule has 0 aliphatic carbocycles. The van der Waals surface area contributed by atoms with Crippen LogP contribution in [0, 0.1) is 17.0 Å². The third-order valence-electron chi connectivity index (χ3n) is 5.12. The number of aryl methyl sites for hydroxylation is 1. The molecule has 3 aromatic carbocycles. The Kier molecular flexibility index (Phi) is 7.68. The van der Waals surface area contributed by atoms with E-state index in [-0.39, 0.29) is 27.2 Å². The summed E-state index contributed by atoms with van der Waals surface area (Å²) in [6.07, 6.45) is 1.63. The van der Waals surface area contributed by atoms with Gasteiger partial charge in [0.05, 0.1) is 20.4 Å². The van der Waals surface area contributed by atoms with Crippen molar-refractivity contribution in [3.63, 3.8) is 0 Å². The highest BCUT2D eigenvalue weighted by Gasteiger charge is 2.34. The van der Waals surface area contributed by atoms with Crippen molar-refractivity contribution in [3.05, 3.63) is 109 Å². The Hall–Kier alpha value is -3.73. The Balaban J connectivity index is 1.48. The average molecular weight is 540 g/mol. The van der Waals surface area contributed by atoms with Crippen LogP contribution in [0.15, 0.2) is 71.6 Å². The average Bonchev–Trinajstić information content (AvgIpc) is 3.11. The Bertz CT molecular complexity index is 1410. The summed E-state index contributed by atoms with van der Waals surface area (Å²) in [5.74, 6) is -0.521. The fourth-order valence-electron chi connectivity index (χ4n) is 3.28. The fraction of sp³-hybridized carbons (Fsp3) is 0.0800. The van der Waals surface area contributed by atoms with E-state index in [1.165, 1.54) is 12.1 Å². The number of hydrogen-bond donors (Lipinski definition) is 1. The van der Waals surface area contributed by atoms with Crippen molar-refractivity contribution in [3.8, 4) is 5.75 Å². The maximum Gasteiger partial charge on any atom is 0.285 e. The number of hydrogen-bond acceptors (Lipinski definition) is 7. The van der Waals surface area contributed by atoms with Crippen LogP contribution in [0.25, 0.3) is 6.08 Å². The normalized spacial score (nSPS) is 14.3. The zero-order valence-corrected chi connectivity index (χ0v) is 21.2. The van der Waals surface area contributed by atoms with E-state index in [0.29, 0.717) is 16.2 Å². The lowest BCUT2D eigenvalue weighted by Gasteiger charge is -2.16. The summed E-state index contributed by atoms with van der Waals surface area (Å²) in [7, 11) is 0. The molecule has 36 heavy (non-hydrogen) atoms. The van der Waals surface area contributed by atoms with Gasteiger partial charge in [-0.25, -0.2) is 0 Å². The van der Waals surface area contributed by atoms with E-state index in [2.05, 4.69) is 5.43 Å². The number of hydrazine groups is 1. The first-order chi connectivity index (χ1) is 17.2. The quantitative estimate of drug-likeness (QED) is 0.178. The first-order valence-electron chi connectivity index (χ1n) is 10.5. The molecule has 0 bridgehead atoms. The van der Waals surface area contributed by atoms with Crippen molar-refractivity contribution in [2.75, 3.05) is 0 Å². The standard InChI is InChI=1S/C25H18ClN3O5S2/c1-15-6-11-19(20(26)12-15)23(30)27-28-24(31)22(36-25(28)35)13-17-4-2-3-5-21(17)34-14-16-7-9-18(10-8-16)29(32)33/h2-13H,14H2,1H3,(H,27,30)/b22-13-. The van der Waals surface area contributed by atoms with Crippen molar-refractivity contribution in [1.82, 2.24) is 10.4 Å². The van der Waals surface area contributed by atoms with Crippen LogP contribution in [0.1, 0.15) is 27.0 Å². The molecule has 11 heteroatoms. The predicted octanol–water partition coefficient (Wildman–Crippen LogP) is 5.68. The molecule has 0 saturated carbocycles. The SMILES string of the molecule is Cc1ccc(C(=O)NN2C(=O)/C(=C/c3ccccc3OCc3ccc([N+](=O)[O-])cc3)SC2=S)c(Cl)c1. The van der Waals surface area contributed by atoms with Crippen molar-refractivity contribution >= 4 is 63.5 Å². The number of rotatable bonds is 7. The lowest BCUT2D eigenvalue weighted by molar-refractivity contribution is -0.384. The van der Waals surface area contributed by atoms with Gasteiger partial charge in [-0.1, -0.05) is 47.6 Å². The van der Waals surface area contributed by atoms with Crippen molar-refractivity contribution in [2.45, 2.75) is 13.5 Å². The number of amides is 2. The largest absolute Gasteiger partial charge is 0.488 e. The second-order valence-corrected chi connectivity index (χ2v) is 9.77. The second-order valence-electron chi connectivity index (χ2n) is 7.69. The monoisotopic (exact) mass is 539 g/mol. The van der Waals surface area contributed by atoms with E-state index in [1.54, 1.807) is 60.7 Å². The topological polar surface area (TPSA) is 102 Å². The summed E-state index contributed by atoms with van der Waals surface area (Å²) in [4.78, 5) is 36.4. The Morgan fingerprint density at radius 2 is 1.92 bits per heavy atom. The molecule has 1 saturated heterocycles. The summed E-state index contributed by atoms with van der Waals surface area (Å²) >= 11 is 12.5. The number of thioether (sulfide) groups is 1. The van der Waals surface area contributed by atoms with Crippen molar-refractivity contribution < 1.29 is 19.2 Å². The molecule has 0 atom stereocenters. The van der Waals surface area contributed by atoms with Crippen LogP contribution in [0.4, 0.5) is 5.69 Å². The van der Waals surface area contributed by atoms with Crippen LogP contribution in [0.5, 0.6) is 5.75 Å². The number of ether oxygens (including phenoxy) is 1. The molecule has 8 nitrogen and oxygen atoms in total. The highest BCUT2D eigenvalue weighted by molar-refractivity contribution is 8.26. The molecule has 0 spiro atoms. The fourth-order valence-corrected chi connectivity index (χ4v) is 4.77. The number of nitrogens with zero attached hydrogens (tertiary/aromatic N) is 2. The van der Waals surface area contributed by atoms with Gasteiger partial charge in [-0.05, 0) is 66.7 Å². The number of nitrogens with one attached hydrogen (secondary N) is 1. The minimum absolute atomic E-state index is 0.00193. The molecule has 1 heterocycles. The Morgan fingerprint density at radius 1 is 1.19 bits per heavy atom. The number of carbonyl (C=O) groups is 2. The van der Waals surface area contributed by atoms with E-state index in [1.807, 2.05) is 6.92 Å². The lowest BCUT2D eigenvalue weighted by atomic mass is 10.1. The van der Waals surface area contributed by atoms with Gasteiger partial charge in [-0.2, -0.15) is 5.01 Å². The number of nitro benzene ring substituents is 1. The lowest BCUT2D eigenvalue weighted by Crippen LogP contribution is -2.44. The van der Waals surface area contributed by atoms with Crippen LogP contribution in [0.3, 0.4) is 0 Å². The molecule has 1 aliphatic heterocycles. The van der Waals surface area contributed by atoms with Gasteiger partial charge in [0.25, 0.3) is 17.5 Å². The van der Waals surface area contributed by atoms with Gasteiger partial charge in [-0.3, -0.25) is 25.1 Å². The van der Waals surface area contributed by atoms with E-state index < -0.39 is 16.7 Å². The number of carbonyl (C=O) groups excluding carboxylic acids is 2. The van der Waals surface area contributed by atoms with E-state index in [4.69, 9.17) is 28.6 Å². The molecule has 1 N–H and O–H groups in total. The Morgan fingerprint density at radius 3 is 2.61 bits per heavy atom. The highest BCUT2D eigenvalue weighted by Crippen LogP contribution is 2.34. The van der Waals surface area contributed by atoms with Gasteiger partial charge in [-0.15, -0.1) is 0 Å². The minimum Gasteiger partial charge on any atom is -0.488 e. The molecule has 4 rings (SSSR count). The molecule has 0 unspecified atom stereocenters. The first kappa shape index (κ1) is 25.4. The summed E-state index contributed by atoms with van der Waals surface area (Å²) < 4.78 is 6.08. The molecule has 182 valence electrons. The molecular formula is C25H18ClN3O5S2. The number of thiocarbonyl (C=S) groups is 1. The van der Waals surface area contributed by atoms with Gasteiger partial charge in [0, 0.05) is 17.7 Å². The van der Waals surface area contributed by atoms with Crippen molar-refractivity contribution in [2.24, 2.45) is 0 Å². The zero-order valence-electron chi connectivity index (χ0n) is 18.8. The summed E-state index contributed by atoms with van der Waals surface area (Å²) in [6, 6.07) is 18.2. The van der Waals surface area contributed by atoms with Gasteiger partial charge in [0.1, 0.15) is 12.4 Å². The maximum absolute atomic E-state index is 13.0. The van der Waals surface area contributed by atoms with Crippen LogP contribution in [0.2, 0.25) is 5.02 Å². The van der Waals surface area contributed by atoms with Crippen molar-refractivity contribution in [1.29, 1.82) is 0 Å². The smallest absolute Gasteiger partial charge is 0.285 e. The summed E-state index contributed by atoms with van der Waals surface area (Å²) in [6.45, 7) is 2.03. The number of halogens is 1. The molecule has 1 aliphatic rings.